The van der Waals surface area contributed by atoms with Crippen LogP contribution in [-0.4, -0.2) is 27.5 Å². The molecule has 0 heterocycles. The number of benzene rings is 1. The van der Waals surface area contributed by atoms with E-state index in [1.165, 1.54) is 12.1 Å². The first-order chi connectivity index (χ1) is 8.86. The van der Waals surface area contributed by atoms with E-state index < -0.39 is 16.1 Å². The summed E-state index contributed by atoms with van der Waals surface area (Å²) in [4.78, 5) is 10.5. The molecule has 0 spiro atoms. The molecule has 7 nitrogen and oxygen atoms in total. The maximum Gasteiger partial charge on any atom is 0.312 e. The number of carbonyl (C=O) groups is 1. The second-order valence-electron chi connectivity index (χ2n) is 3.90. The van der Waals surface area contributed by atoms with Crippen molar-refractivity contribution >= 4 is 21.7 Å². The Hall–Kier alpha value is -1.80. The molecule has 8 heteroatoms. The summed E-state index contributed by atoms with van der Waals surface area (Å²) in [6.07, 6.45) is 0.738. The number of rotatable bonds is 6. The molecule has 0 atom stereocenters. The van der Waals surface area contributed by atoms with Gasteiger partial charge in [0.25, 0.3) is 0 Å². The highest BCUT2D eigenvalue weighted by Crippen LogP contribution is 2.18. The first-order valence-electron chi connectivity index (χ1n) is 5.78. The smallest absolute Gasteiger partial charge is 0.312 e. The average Bonchev–Trinajstić information content (AvgIpc) is 2.34. The minimum absolute atomic E-state index is 0.0563. The SMILES string of the molecule is CCc1ccc(S(=O)(=O)NCCNC(N)=O)cc1N. The molecule has 106 valence electrons. The van der Waals surface area contributed by atoms with Gasteiger partial charge in [-0.2, -0.15) is 0 Å². The van der Waals surface area contributed by atoms with Crippen molar-refractivity contribution in [2.75, 3.05) is 18.8 Å². The molecular formula is C11H18N4O3S. The normalized spacial score (nSPS) is 11.2. The number of amides is 2. The number of sulfonamides is 1. The number of anilines is 1. The van der Waals surface area contributed by atoms with E-state index in [1.807, 2.05) is 6.92 Å². The van der Waals surface area contributed by atoms with Gasteiger partial charge in [-0.05, 0) is 24.1 Å². The van der Waals surface area contributed by atoms with E-state index in [4.69, 9.17) is 11.5 Å². The Balaban J connectivity index is 2.72. The van der Waals surface area contributed by atoms with Gasteiger partial charge in [-0.1, -0.05) is 13.0 Å². The minimum atomic E-state index is -3.63. The van der Waals surface area contributed by atoms with Crippen LogP contribution in [0.3, 0.4) is 0 Å². The van der Waals surface area contributed by atoms with Crippen molar-refractivity contribution in [3.05, 3.63) is 23.8 Å². The monoisotopic (exact) mass is 286 g/mol. The standard InChI is InChI=1S/C11H18N4O3S/c1-2-8-3-4-9(7-10(8)12)19(17,18)15-6-5-14-11(13)16/h3-4,7,15H,2,5-6,12H2,1H3,(H3,13,14,16). The van der Waals surface area contributed by atoms with E-state index in [0.717, 1.165) is 12.0 Å². The number of urea groups is 1. The molecule has 0 aliphatic carbocycles. The Labute approximate surface area is 112 Å². The van der Waals surface area contributed by atoms with Crippen molar-refractivity contribution in [2.24, 2.45) is 5.73 Å². The molecule has 0 bridgehead atoms. The van der Waals surface area contributed by atoms with Crippen LogP contribution in [0.25, 0.3) is 0 Å². The Bertz CT molecular complexity index is 557. The van der Waals surface area contributed by atoms with Gasteiger partial charge >= 0.3 is 6.03 Å². The summed E-state index contributed by atoms with van der Waals surface area (Å²) in [6, 6.07) is 3.91. The number of hydrogen-bond acceptors (Lipinski definition) is 4. The predicted octanol–water partition coefficient (Wildman–Crippen LogP) is -0.222. The van der Waals surface area contributed by atoms with Gasteiger partial charge in [0.15, 0.2) is 0 Å². The van der Waals surface area contributed by atoms with Crippen LogP contribution in [-0.2, 0) is 16.4 Å². The van der Waals surface area contributed by atoms with Crippen LogP contribution >= 0.6 is 0 Å². The summed E-state index contributed by atoms with van der Waals surface area (Å²) in [5, 5.41) is 2.29. The molecule has 0 unspecified atom stereocenters. The van der Waals surface area contributed by atoms with E-state index in [1.54, 1.807) is 6.07 Å². The number of carbonyl (C=O) groups excluding carboxylic acids is 1. The number of nitrogens with one attached hydrogen (secondary N) is 2. The molecule has 0 fully saturated rings. The second-order valence-corrected chi connectivity index (χ2v) is 5.67. The van der Waals surface area contributed by atoms with Gasteiger partial charge in [-0.25, -0.2) is 17.9 Å². The Kier molecular flexibility index (Phi) is 5.13. The van der Waals surface area contributed by atoms with Gasteiger partial charge in [0.05, 0.1) is 4.90 Å². The molecule has 0 aliphatic rings. The lowest BCUT2D eigenvalue weighted by atomic mass is 10.1. The fourth-order valence-corrected chi connectivity index (χ4v) is 2.58. The number of hydrogen-bond donors (Lipinski definition) is 4. The fraction of sp³-hybridized carbons (Fsp3) is 0.364. The lowest BCUT2D eigenvalue weighted by Crippen LogP contribution is -2.37. The summed E-state index contributed by atoms with van der Waals surface area (Å²) in [6.45, 7) is 2.12. The Morgan fingerprint density at radius 1 is 1.32 bits per heavy atom. The summed E-state index contributed by atoms with van der Waals surface area (Å²) in [5.41, 5.74) is 12.0. The summed E-state index contributed by atoms with van der Waals surface area (Å²) in [5.74, 6) is 0. The first kappa shape index (κ1) is 15.3. The maximum atomic E-state index is 11.9. The van der Waals surface area contributed by atoms with Crippen molar-refractivity contribution in [3.8, 4) is 0 Å². The zero-order valence-corrected chi connectivity index (χ0v) is 11.5. The highest BCUT2D eigenvalue weighted by Gasteiger charge is 2.14. The largest absolute Gasteiger partial charge is 0.398 e. The van der Waals surface area contributed by atoms with E-state index in [9.17, 15) is 13.2 Å². The molecule has 0 saturated heterocycles. The molecule has 1 aromatic rings. The lowest BCUT2D eigenvalue weighted by molar-refractivity contribution is 0.249. The third kappa shape index (κ3) is 4.42. The molecule has 19 heavy (non-hydrogen) atoms. The zero-order chi connectivity index (χ0) is 14.5. The molecule has 0 saturated carbocycles. The summed E-state index contributed by atoms with van der Waals surface area (Å²) >= 11 is 0. The topological polar surface area (TPSA) is 127 Å². The van der Waals surface area contributed by atoms with Gasteiger partial charge in [-0.15, -0.1) is 0 Å². The number of nitrogens with two attached hydrogens (primary N) is 2. The number of aryl methyl sites for hydroxylation is 1. The van der Waals surface area contributed by atoms with E-state index >= 15 is 0 Å². The quantitative estimate of drug-likeness (QED) is 0.425. The average molecular weight is 286 g/mol. The second kappa shape index (κ2) is 6.39. The number of primary amides is 1. The van der Waals surface area contributed by atoms with Crippen LogP contribution < -0.4 is 21.5 Å². The van der Waals surface area contributed by atoms with Crippen molar-refractivity contribution in [1.82, 2.24) is 10.0 Å². The minimum Gasteiger partial charge on any atom is -0.398 e. The molecule has 1 rings (SSSR count). The van der Waals surface area contributed by atoms with Crippen molar-refractivity contribution in [3.63, 3.8) is 0 Å². The van der Waals surface area contributed by atoms with Gasteiger partial charge in [0, 0.05) is 18.8 Å². The van der Waals surface area contributed by atoms with Gasteiger partial charge < -0.3 is 16.8 Å². The lowest BCUT2D eigenvalue weighted by Gasteiger charge is -2.09. The molecule has 6 N–H and O–H groups in total. The fourth-order valence-electron chi connectivity index (χ4n) is 1.52. The van der Waals surface area contributed by atoms with Crippen LogP contribution in [0.2, 0.25) is 0 Å². The third-order valence-electron chi connectivity index (χ3n) is 2.52. The van der Waals surface area contributed by atoms with Crippen molar-refractivity contribution in [1.29, 1.82) is 0 Å². The van der Waals surface area contributed by atoms with E-state index in [0.29, 0.717) is 5.69 Å². The summed E-state index contributed by atoms with van der Waals surface area (Å²) < 4.78 is 26.2. The van der Waals surface area contributed by atoms with Gasteiger partial charge in [-0.3, -0.25) is 0 Å². The Morgan fingerprint density at radius 3 is 2.53 bits per heavy atom. The molecular weight excluding hydrogens is 268 g/mol. The molecule has 0 aromatic heterocycles. The molecule has 2 amide bonds. The summed E-state index contributed by atoms with van der Waals surface area (Å²) in [7, 11) is -3.63. The van der Waals surface area contributed by atoms with E-state index in [2.05, 4.69) is 10.0 Å². The van der Waals surface area contributed by atoms with Crippen LogP contribution in [0.1, 0.15) is 12.5 Å². The zero-order valence-electron chi connectivity index (χ0n) is 10.6. The van der Waals surface area contributed by atoms with Crippen LogP contribution in [0.4, 0.5) is 10.5 Å². The van der Waals surface area contributed by atoms with Crippen molar-refractivity contribution < 1.29 is 13.2 Å². The number of nitrogen functional groups attached to an aromatic ring is 1. The first-order valence-corrected chi connectivity index (χ1v) is 7.26. The van der Waals surface area contributed by atoms with Gasteiger partial charge in [0.1, 0.15) is 0 Å². The van der Waals surface area contributed by atoms with Crippen LogP contribution in [0.5, 0.6) is 0 Å². The highest BCUT2D eigenvalue weighted by atomic mass is 32.2. The van der Waals surface area contributed by atoms with Crippen molar-refractivity contribution in [2.45, 2.75) is 18.2 Å². The van der Waals surface area contributed by atoms with Crippen LogP contribution in [0.15, 0.2) is 23.1 Å². The predicted molar refractivity (Wildman–Crippen MR) is 73.0 cm³/mol. The Morgan fingerprint density at radius 2 is 2.00 bits per heavy atom. The maximum absolute atomic E-state index is 11.9. The van der Waals surface area contributed by atoms with Gasteiger partial charge in [0.2, 0.25) is 10.0 Å². The molecule has 0 aliphatic heterocycles. The highest BCUT2D eigenvalue weighted by molar-refractivity contribution is 7.89. The van der Waals surface area contributed by atoms with E-state index in [-0.39, 0.29) is 18.0 Å². The molecule has 1 aromatic carbocycles. The van der Waals surface area contributed by atoms with Crippen LogP contribution in [0, 0.1) is 0 Å². The third-order valence-corrected chi connectivity index (χ3v) is 3.98. The molecule has 0 radical (unpaired) electrons.